The molecule has 18 heteroatoms. The molecule has 0 heterocycles. The van der Waals surface area contributed by atoms with Gasteiger partial charge in [0.2, 0.25) is 0 Å². The summed E-state index contributed by atoms with van der Waals surface area (Å²) in [6, 6.07) is 9.29. The molecule has 0 radical (unpaired) electrons. The molecule has 0 fully saturated rings. The molecule has 0 aliphatic rings. The molecule has 0 spiro atoms. The zero-order valence-corrected chi connectivity index (χ0v) is 55.4. The molecular weight excluding hydrogens is 1090 g/mol. The molecule has 85 heavy (non-hydrogen) atoms. The van der Waals surface area contributed by atoms with E-state index in [1.165, 1.54) is 0 Å². The SMILES string of the molecule is CCCCOC(=O)C(C)(CC(C)(CC)C(=O)OCCC(O)CO)CC(C)(CC(CC(C)(CC(C)(CC)C(=O)OCCC)C(=O)OCCC)c1ccccc1)C(=O)OCCOC(=O)C(C)(C)CC(C)(CC(C)(CC)C(=O)OCCC)C(=O)OCCC. The van der Waals surface area contributed by atoms with E-state index in [2.05, 4.69) is 0 Å². The topological polar surface area (TPSA) is 251 Å². The second-order valence-corrected chi connectivity index (χ2v) is 26.3. The minimum absolute atomic E-state index is 0.0269. The number of esters is 8. The monoisotopic (exact) mass is 1200 g/mol. The van der Waals surface area contributed by atoms with Crippen molar-refractivity contribution < 1.29 is 86.5 Å². The predicted octanol–water partition coefficient (Wildman–Crippen LogP) is 12.3. The van der Waals surface area contributed by atoms with E-state index in [4.69, 9.17) is 37.9 Å². The first-order valence-electron chi connectivity index (χ1n) is 31.4. The fourth-order valence-electron chi connectivity index (χ4n) is 11.7. The van der Waals surface area contributed by atoms with E-state index in [-0.39, 0.29) is 97.4 Å². The molecular formula is C67H112O18. The van der Waals surface area contributed by atoms with Crippen molar-refractivity contribution in [2.24, 2.45) is 43.3 Å². The highest BCUT2D eigenvalue weighted by atomic mass is 16.6. The van der Waals surface area contributed by atoms with E-state index < -0.39 is 123 Å². The van der Waals surface area contributed by atoms with Gasteiger partial charge in [-0.15, -0.1) is 0 Å². The van der Waals surface area contributed by atoms with Crippen LogP contribution in [0.5, 0.6) is 0 Å². The fourth-order valence-corrected chi connectivity index (χ4v) is 11.7. The maximum atomic E-state index is 15.5. The lowest BCUT2D eigenvalue weighted by molar-refractivity contribution is -0.174. The quantitative estimate of drug-likeness (QED) is 0.0350. The standard InChI is InChI=1S/C67H112O18/c1-18-26-37-82-59(77)67(17,47-63(13,25-8)55(73)83-38-32-51(69)43-68)48-65(15,42-50(49-30-28-27-29-31-49)41-64(14,56(74)80-35-21-4)45-61(11,23-6)53(71)78-33-19-2)57(75)85-40-39-84-52(70)60(9,10)44-66(16,58(76)81-36-22-5)46-62(12,24-7)54(72)79-34-20-3/h27-31,50-51,68-69H,18-26,32-48H2,1-17H3. The van der Waals surface area contributed by atoms with Crippen LogP contribution in [0.25, 0.3) is 0 Å². The van der Waals surface area contributed by atoms with Crippen LogP contribution in [0.15, 0.2) is 30.3 Å². The van der Waals surface area contributed by atoms with Gasteiger partial charge in [-0.05, 0) is 170 Å². The lowest BCUT2D eigenvalue weighted by atomic mass is 9.60. The Bertz CT molecular complexity index is 2250. The molecule has 0 aliphatic carbocycles. The minimum atomic E-state index is -1.65. The number of carbonyl (C=O) groups excluding carboxylic acids is 8. The Morgan fingerprint density at radius 1 is 0.376 bits per heavy atom. The Balaban J connectivity index is 4.17. The Labute approximate surface area is 509 Å². The maximum Gasteiger partial charge on any atom is 0.311 e. The van der Waals surface area contributed by atoms with E-state index in [9.17, 15) is 43.8 Å². The van der Waals surface area contributed by atoms with Gasteiger partial charge in [-0.25, -0.2) is 0 Å². The molecule has 1 aromatic rings. The summed E-state index contributed by atoms with van der Waals surface area (Å²) in [5.74, 6) is -5.49. The van der Waals surface area contributed by atoms with Crippen LogP contribution in [-0.2, 0) is 76.3 Å². The van der Waals surface area contributed by atoms with Crippen LogP contribution < -0.4 is 0 Å². The Morgan fingerprint density at radius 3 is 1.05 bits per heavy atom. The van der Waals surface area contributed by atoms with Gasteiger partial charge < -0.3 is 48.1 Å². The van der Waals surface area contributed by atoms with Gasteiger partial charge in [0.1, 0.15) is 13.2 Å². The van der Waals surface area contributed by atoms with E-state index in [0.29, 0.717) is 51.4 Å². The summed E-state index contributed by atoms with van der Waals surface area (Å²) in [5, 5.41) is 19.5. The maximum absolute atomic E-state index is 15.5. The summed E-state index contributed by atoms with van der Waals surface area (Å²) in [6.45, 7) is 29.3. The number of carbonyl (C=O) groups is 8. The molecule has 488 valence electrons. The van der Waals surface area contributed by atoms with Gasteiger partial charge in [0.15, 0.2) is 0 Å². The minimum Gasteiger partial charge on any atom is -0.465 e. The average Bonchev–Trinajstić information content (AvgIpc) is 2.21. The summed E-state index contributed by atoms with van der Waals surface area (Å²) in [7, 11) is 0. The van der Waals surface area contributed by atoms with E-state index >= 15 is 4.79 Å². The second-order valence-electron chi connectivity index (χ2n) is 26.3. The average molecular weight is 1210 g/mol. The first-order chi connectivity index (χ1) is 39.7. The van der Waals surface area contributed by atoms with Crippen molar-refractivity contribution >= 4 is 47.8 Å². The smallest absolute Gasteiger partial charge is 0.311 e. The number of aliphatic hydroxyl groups excluding tert-OH is 2. The summed E-state index contributed by atoms with van der Waals surface area (Å²) in [6.07, 6.45) is 2.87. The van der Waals surface area contributed by atoms with E-state index in [1.54, 1.807) is 69.2 Å². The van der Waals surface area contributed by atoms with Crippen molar-refractivity contribution in [2.45, 2.75) is 239 Å². The van der Waals surface area contributed by atoms with Gasteiger partial charge in [-0.2, -0.15) is 0 Å². The first-order valence-corrected chi connectivity index (χ1v) is 31.4. The zero-order valence-electron chi connectivity index (χ0n) is 55.4. The fraction of sp³-hybridized carbons (Fsp3) is 0.791. The molecule has 0 aliphatic heterocycles. The predicted molar refractivity (Wildman–Crippen MR) is 324 cm³/mol. The molecule has 18 nitrogen and oxygen atoms in total. The van der Waals surface area contributed by atoms with Crippen molar-refractivity contribution in [1.29, 1.82) is 0 Å². The van der Waals surface area contributed by atoms with Crippen molar-refractivity contribution in [3.05, 3.63) is 35.9 Å². The molecule has 2 N–H and O–H groups in total. The Hall–Kier alpha value is -5.10. The first kappa shape index (κ1) is 77.9. The lowest BCUT2D eigenvalue weighted by Crippen LogP contribution is -2.46. The van der Waals surface area contributed by atoms with Gasteiger partial charge in [0, 0.05) is 6.42 Å². The molecule has 0 bridgehead atoms. The molecule has 0 aromatic heterocycles. The number of unbranched alkanes of at least 4 members (excludes halogenated alkanes) is 1. The molecule has 0 saturated heterocycles. The molecule has 0 saturated carbocycles. The van der Waals surface area contributed by atoms with Crippen LogP contribution in [0.4, 0.5) is 0 Å². The van der Waals surface area contributed by atoms with Crippen LogP contribution in [0, 0.1) is 43.3 Å². The van der Waals surface area contributed by atoms with Gasteiger partial charge in [0.25, 0.3) is 0 Å². The zero-order chi connectivity index (χ0) is 64.9. The number of hydrogen-bond acceptors (Lipinski definition) is 18. The summed E-state index contributed by atoms with van der Waals surface area (Å²) in [5.41, 5.74) is -10.1. The third kappa shape index (κ3) is 23.8. The third-order valence-corrected chi connectivity index (χ3v) is 16.9. The van der Waals surface area contributed by atoms with Crippen molar-refractivity contribution in [2.75, 3.05) is 59.5 Å². The van der Waals surface area contributed by atoms with E-state index in [0.717, 1.165) is 5.56 Å². The molecule has 1 aromatic carbocycles. The number of rotatable bonds is 44. The Kier molecular flexibility index (Phi) is 33.2. The van der Waals surface area contributed by atoms with Crippen LogP contribution in [0.3, 0.4) is 0 Å². The number of aliphatic hydroxyl groups is 2. The summed E-state index contributed by atoms with van der Waals surface area (Å²) >= 11 is 0. The highest BCUT2D eigenvalue weighted by molar-refractivity contribution is 5.85. The third-order valence-electron chi connectivity index (χ3n) is 16.9. The summed E-state index contributed by atoms with van der Waals surface area (Å²) in [4.78, 5) is 115. The van der Waals surface area contributed by atoms with Crippen molar-refractivity contribution in [3.63, 3.8) is 0 Å². The van der Waals surface area contributed by atoms with E-state index in [1.807, 2.05) is 78.8 Å². The van der Waals surface area contributed by atoms with Gasteiger partial charge >= 0.3 is 47.8 Å². The van der Waals surface area contributed by atoms with Crippen molar-refractivity contribution in [3.8, 4) is 0 Å². The van der Waals surface area contributed by atoms with Crippen LogP contribution in [0.2, 0.25) is 0 Å². The second kappa shape index (κ2) is 36.3. The van der Waals surface area contributed by atoms with Gasteiger partial charge in [0.05, 0.1) is 95.7 Å². The van der Waals surface area contributed by atoms with Crippen LogP contribution in [0.1, 0.15) is 238 Å². The number of benzene rings is 1. The van der Waals surface area contributed by atoms with Crippen LogP contribution >= 0.6 is 0 Å². The molecule has 9 atom stereocenters. The van der Waals surface area contributed by atoms with Crippen molar-refractivity contribution in [1.82, 2.24) is 0 Å². The Morgan fingerprint density at radius 2 is 0.682 bits per heavy atom. The largest absolute Gasteiger partial charge is 0.465 e. The molecule has 1 rings (SSSR count). The van der Waals surface area contributed by atoms with Crippen LogP contribution in [-0.4, -0.2) is 124 Å². The van der Waals surface area contributed by atoms with Gasteiger partial charge in [-0.3, -0.25) is 38.4 Å². The molecule has 9 unspecified atom stereocenters. The molecule has 0 amide bonds. The number of ether oxygens (including phenoxy) is 8. The normalized spacial score (nSPS) is 17.4. The van der Waals surface area contributed by atoms with Gasteiger partial charge in [-0.1, -0.05) is 92.1 Å². The summed E-state index contributed by atoms with van der Waals surface area (Å²) < 4.78 is 46.6. The highest BCUT2D eigenvalue weighted by Crippen LogP contribution is 2.53. The lowest BCUT2D eigenvalue weighted by Gasteiger charge is -2.43. The highest BCUT2D eigenvalue weighted by Gasteiger charge is 2.55. The number of hydrogen-bond donors (Lipinski definition) is 2.